The van der Waals surface area contributed by atoms with Crippen molar-refractivity contribution in [3.63, 3.8) is 0 Å². The van der Waals surface area contributed by atoms with Gasteiger partial charge in [0.15, 0.2) is 5.75 Å². The van der Waals surface area contributed by atoms with Crippen LogP contribution >= 0.6 is 0 Å². The van der Waals surface area contributed by atoms with Crippen molar-refractivity contribution in [3.8, 4) is 11.6 Å². The van der Waals surface area contributed by atoms with Crippen molar-refractivity contribution < 1.29 is 22.6 Å². The van der Waals surface area contributed by atoms with Crippen LogP contribution < -0.4 is 9.47 Å². The minimum absolute atomic E-state index is 0.0719. The maximum Gasteiger partial charge on any atom is 0.272 e. The number of pyridine rings is 1. The first-order chi connectivity index (χ1) is 12.9. The number of alkyl halides is 2. The fourth-order valence-corrected chi connectivity index (χ4v) is 2.93. The van der Waals surface area contributed by atoms with Gasteiger partial charge in [-0.15, -0.1) is 0 Å². The molecule has 3 rings (SSSR count). The van der Waals surface area contributed by atoms with Crippen LogP contribution in [0, 0.1) is 17.1 Å². The molecule has 0 spiro atoms. The Morgan fingerprint density at radius 1 is 1.41 bits per heavy atom. The second-order valence-corrected chi connectivity index (χ2v) is 6.67. The zero-order chi connectivity index (χ0) is 19.4. The first-order valence-corrected chi connectivity index (χ1v) is 8.92. The molecule has 1 aromatic heterocycles. The Hall–Kier alpha value is -2.51. The fraction of sp³-hybridized carbons (Fsp3) is 0.474. The molecule has 0 unspecified atom stereocenters. The molecule has 0 atom stereocenters. The standard InChI is InChI=1S/C19H22F3N3O2/c1-12(7-13-3-2-4-13)25-10-15(5-6-18(25)23)27-19-16(26-11-17(21)22)8-14(20)9-24-19/h7-10,13,17,23H,2-6,11H2,1H3/b12-7+,23-18?. The second-order valence-electron chi connectivity index (χ2n) is 6.67. The van der Waals surface area contributed by atoms with Crippen LogP contribution in [-0.4, -0.2) is 28.8 Å². The Morgan fingerprint density at radius 3 is 2.85 bits per heavy atom. The van der Waals surface area contributed by atoms with Gasteiger partial charge >= 0.3 is 0 Å². The van der Waals surface area contributed by atoms with E-state index in [0.29, 0.717) is 30.4 Å². The number of nitrogens with one attached hydrogen (secondary N) is 1. The van der Waals surface area contributed by atoms with Gasteiger partial charge in [0.1, 0.15) is 24.0 Å². The lowest BCUT2D eigenvalue weighted by Gasteiger charge is -2.30. The molecule has 27 heavy (non-hydrogen) atoms. The predicted molar refractivity (Wildman–Crippen MR) is 94.3 cm³/mol. The minimum atomic E-state index is -2.69. The van der Waals surface area contributed by atoms with Crippen LogP contribution in [0.1, 0.15) is 39.0 Å². The Kier molecular flexibility index (Phi) is 6.03. The van der Waals surface area contributed by atoms with Gasteiger partial charge in [-0.2, -0.15) is 0 Å². The molecule has 8 heteroatoms. The molecular formula is C19H22F3N3O2. The molecule has 1 aliphatic heterocycles. The van der Waals surface area contributed by atoms with Crippen molar-refractivity contribution in [1.82, 2.24) is 9.88 Å². The lowest BCUT2D eigenvalue weighted by atomic mass is 9.85. The Morgan fingerprint density at radius 2 is 2.19 bits per heavy atom. The third-order valence-corrected chi connectivity index (χ3v) is 4.56. The normalized spacial score (nSPS) is 18.4. The quantitative estimate of drug-likeness (QED) is 0.733. The highest BCUT2D eigenvalue weighted by Gasteiger charge is 2.22. The van der Waals surface area contributed by atoms with Gasteiger partial charge in [-0.1, -0.05) is 12.5 Å². The third-order valence-electron chi connectivity index (χ3n) is 4.56. The van der Waals surface area contributed by atoms with Crippen molar-refractivity contribution in [1.29, 1.82) is 5.41 Å². The molecule has 0 bridgehead atoms. The summed E-state index contributed by atoms with van der Waals surface area (Å²) in [5, 5.41) is 8.16. The van der Waals surface area contributed by atoms with Crippen LogP contribution in [0.4, 0.5) is 13.2 Å². The molecule has 0 aromatic carbocycles. The van der Waals surface area contributed by atoms with Gasteiger partial charge in [-0.3, -0.25) is 5.41 Å². The number of nitrogens with zero attached hydrogens (tertiary/aromatic N) is 2. The molecule has 0 radical (unpaired) electrons. The molecule has 0 saturated heterocycles. The maximum atomic E-state index is 13.4. The highest BCUT2D eigenvalue weighted by molar-refractivity contribution is 5.83. The van der Waals surface area contributed by atoms with Crippen LogP contribution in [-0.2, 0) is 0 Å². The molecule has 5 nitrogen and oxygen atoms in total. The number of ether oxygens (including phenoxy) is 2. The average Bonchev–Trinajstić information content (AvgIpc) is 2.59. The van der Waals surface area contributed by atoms with E-state index in [1.807, 2.05) is 6.92 Å². The second kappa shape index (κ2) is 8.45. The molecule has 1 saturated carbocycles. The molecular weight excluding hydrogens is 359 g/mol. The van der Waals surface area contributed by atoms with E-state index in [-0.39, 0.29) is 11.6 Å². The zero-order valence-corrected chi connectivity index (χ0v) is 15.1. The van der Waals surface area contributed by atoms with Crippen LogP contribution in [0.25, 0.3) is 0 Å². The van der Waals surface area contributed by atoms with E-state index < -0.39 is 18.8 Å². The molecule has 2 heterocycles. The molecule has 1 fully saturated rings. The SMILES string of the molecule is C/C(=C\C1CCC1)N1C=C(Oc2ncc(F)cc2OCC(F)F)CCC1=N. The summed E-state index contributed by atoms with van der Waals surface area (Å²) in [6.07, 6.45) is 6.58. The van der Waals surface area contributed by atoms with Gasteiger partial charge in [0.2, 0.25) is 0 Å². The number of aromatic nitrogens is 1. The van der Waals surface area contributed by atoms with Crippen molar-refractivity contribution in [2.75, 3.05) is 6.61 Å². The highest BCUT2D eigenvalue weighted by atomic mass is 19.3. The third kappa shape index (κ3) is 5.02. The number of amidine groups is 1. The lowest BCUT2D eigenvalue weighted by Crippen LogP contribution is -2.29. The predicted octanol–water partition coefficient (Wildman–Crippen LogP) is 4.86. The Balaban J connectivity index is 1.77. The molecule has 1 aliphatic carbocycles. The van der Waals surface area contributed by atoms with Gasteiger partial charge in [-0.05, 0) is 25.7 Å². The Bertz CT molecular complexity index is 761. The first-order valence-electron chi connectivity index (χ1n) is 8.92. The number of hydrogen-bond acceptors (Lipinski definition) is 4. The van der Waals surface area contributed by atoms with Crippen LogP contribution in [0.15, 0.2) is 36.0 Å². The monoisotopic (exact) mass is 381 g/mol. The van der Waals surface area contributed by atoms with Crippen molar-refractivity contribution >= 4 is 5.84 Å². The van der Waals surface area contributed by atoms with E-state index in [0.717, 1.165) is 30.8 Å². The van der Waals surface area contributed by atoms with Crippen molar-refractivity contribution in [2.24, 2.45) is 5.92 Å². The minimum Gasteiger partial charge on any atom is -0.482 e. The summed E-state index contributed by atoms with van der Waals surface area (Å²) in [6, 6.07) is 0.968. The van der Waals surface area contributed by atoms with E-state index >= 15 is 0 Å². The van der Waals surface area contributed by atoms with Gasteiger partial charge < -0.3 is 14.4 Å². The summed E-state index contributed by atoms with van der Waals surface area (Å²) in [4.78, 5) is 5.57. The molecule has 2 aliphatic rings. The first kappa shape index (κ1) is 19.3. The van der Waals surface area contributed by atoms with Crippen molar-refractivity contribution in [2.45, 2.75) is 45.5 Å². The number of hydrogen-bond donors (Lipinski definition) is 1. The highest BCUT2D eigenvalue weighted by Crippen LogP contribution is 2.32. The summed E-state index contributed by atoms with van der Waals surface area (Å²) < 4.78 is 48.8. The van der Waals surface area contributed by atoms with E-state index in [4.69, 9.17) is 14.9 Å². The van der Waals surface area contributed by atoms with Gasteiger partial charge in [0, 0.05) is 30.8 Å². The number of allylic oxidation sites excluding steroid dienone is 3. The van der Waals surface area contributed by atoms with Gasteiger partial charge in [0.05, 0.1) is 6.20 Å². The van der Waals surface area contributed by atoms with E-state index in [1.165, 1.54) is 6.42 Å². The largest absolute Gasteiger partial charge is 0.482 e. The lowest BCUT2D eigenvalue weighted by molar-refractivity contribution is 0.0799. The van der Waals surface area contributed by atoms with Gasteiger partial charge in [0.25, 0.3) is 12.3 Å². The Labute approximate surface area is 156 Å². The van der Waals surface area contributed by atoms with E-state index in [1.54, 1.807) is 11.1 Å². The summed E-state index contributed by atoms with van der Waals surface area (Å²) >= 11 is 0. The van der Waals surface area contributed by atoms with Crippen LogP contribution in [0.2, 0.25) is 0 Å². The fourth-order valence-electron chi connectivity index (χ4n) is 2.93. The maximum absolute atomic E-state index is 13.4. The molecule has 1 N–H and O–H groups in total. The summed E-state index contributed by atoms with van der Waals surface area (Å²) in [6.45, 7) is 1.07. The topological polar surface area (TPSA) is 58.4 Å². The van der Waals surface area contributed by atoms with Crippen LogP contribution in [0.5, 0.6) is 11.6 Å². The molecule has 146 valence electrons. The smallest absolute Gasteiger partial charge is 0.272 e. The summed E-state index contributed by atoms with van der Waals surface area (Å²) in [5.41, 5.74) is 0.951. The number of rotatable bonds is 7. The van der Waals surface area contributed by atoms with Gasteiger partial charge in [-0.25, -0.2) is 18.2 Å². The van der Waals surface area contributed by atoms with E-state index in [9.17, 15) is 13.2 Å². The van der Waals surface area contributed by atoms with E-state index in [2.05, 4.69) is 11.1 Å². The summed E-state index contributed by atoms with van der Waals surface area (Å²) in [7, 11) is 0. The molecule has 1 aromatic rings. The number of halogens is 3. The zero-order valence-electron chi connectivity index (χ0n) is 15.1. The van der Waals surface area contributed by atoms with Crippen LogP contribution in [0.3, 0.4) is 0 Å². The summed E-state index contributed by atoms with van der Waals surface area (Å²) in [5.74, 6) is 0.560. The average molecular weight is 381 g/mol. The molecule has 0 amide bonds. The van der Waals surface area contributed by atoms with Crippen molar-refractivity contribution in [3.05, 3.63) is 41.8 Å².